The predicted octanol–water partition coefficient (Wildman–Crippen LogP) is 0.787. The standard InChI is InChI=1S/C12H22N4O2/c1-5-6-8-9(13)10(15-14-8)11(18)16(4)12(2,3)7-17/h17H,5-7,13H2,1-4H3,(H,14,15). The molecule has 0 fully saturated rings. The summed E-state index contributed by atoms with van der Waals surface area (Å²) < 4.78 is 0. The van der Waals surface area contributed by atoms with Gasteiger partial charge < -0.3 is 15.7 Å². The molecule has 0 bridgehead atoms. The molecule has 1 aromatic heterocycles. The van der Waals surface area contributed by atoms with Gasteiger partial charge in [0.25, 0.3) is 5.91 Å². The first-order valence-corrected chi connectivity index (χ1v) is 6.06. The van der Waals surface area contributed by atoms with Crippen molar-refractivity contribution in [3.8, 4) is 0 Å². The molecule has 6 heteroatoms. The second kappa shape index (κ2) is 5.39. The Labute approximate surface area is 107 Å². The smallest absolute Gasteiger partial charge is 0.276 e. The summed E-state index contributed by atoms with van der Waals surface area (Å²) >= 11 is 0. The summed E-state index contributed by atoms with van der Waals surface area (Å²) in [6, 6.07) is 0. The molecule has 0 spiro atoms. The molecule has 0 unspecified atom stereocenters. The van der Waals surface area contributed by atoms with Gasteiger partial charge in [-0.2, -0.15) is 5.10 Å². The van der Waals surface area contributed by atoms with Gasteiger partial charge in [0.2, 0.25) is 0 Å². The Balaban J connectivity index is 2.98. The van der Waals surface area contributed by atoms with Crippen LogP contribution in [0.3, 0.4) is 0 Å². The lowest BCUT2D eigenvalue weighted by molar-refractivity contribution is 0.0468. The van der Waals surface area contributed by atoms with Crippen molar-refractivity contribution in [2.24, 2.45) is 0 Å². The molecule has 0 saturated carbocycles. The Morgan fingerprint density at radius 1 is 1.56 bits per heavy atom. The predicted molar refractivity (Wildman–Crippen MR) is 70.3 cm³/mol. The van der Waals surface area contributed by atoms with Gasteiger partial charge in [0.15, 0.2) is 5.69 Å². The van der Waals surface area contributed by atoms with Gasteiger partial charge in [-0.3, -0.25) is 9.89 Å². The van der Waals surface area contributed by atoms with Crippen molar-refractivity contribution in [1.29, 1.82) is 0 Å². The van der Waals surface area contributed by atoms with Crippen LogP contribution in [0.1, 0.15) is 43.4 Å². The molecular formula is C12H22N4O2. The van der Waals surface area contributed by atoms with E-state index in [-0.39, 0.29) is 18.2 Å². The van der Waals surface area contributed by atoms with Crippen molar-refractivity contribution < 1.29 is 9.90 Å². The van der Waals surface area contributed by atoms with E-state index in [0.29, 0.717) is 5.69 Å². The third-order valence-electron chi connectivity index (χ3n) is 3.19. The monoisotopic (exact) mass is 254 g/mol. The average Bonchev–Trinajstić information content (AvgIpc) is 2.70. The number of carbonyl (C=O) groups excluding carboxylic acids is 1. The van der Waals surface area contributed by atoms with E-state index in [1.807, 2.05) is 6.92 Å². The summed E-state index contributed by atoms with van der Waals surface area (Å²) in [6.07, 6.45) is 1.69. The van der Waals surface area contributed by atoms with Crippen molar-refractivity contribution >= 4 is 11.6 Å². The number of hydrogen-bond donors (Lipinski definition) is 3. The van der Waals surface area contributed by atoms with Gasteiger partial charge in [0.1, 0.15) is 0 Å². The Kier molecular flexibility index (Phi) is 4.34. The van der Waals surface area contributed by atoms with Crippen molar-refractivity contribution in [3.63, 3.8) is 0 Å². The lowest BCUT2D eigenvalue weighted by atomic mass is 10.0. The molecule has 1 aromatic rings. The molecule has 1 amide bonds. The van der Waals surface area contributed by atoms with Crippen LogP contribution >= 0.6 is 0 Å². The largest absolute Gasteiger partial charge is 0.395 e. The molecule has 0 radical (unpaired) electrons. The zero-order chi connectivity index (χ0) is 13.9. The number of H-pyrrole nitrogens is 1. The number of nitrogens with zero attached hydrogens (tertiary/aromatic N) is 2. The molecule has 0 saturated heterocycles. The molecule has 0 aliphatic carbocycles. The molecule has 1 rings (SSSR count). The Morgan fingerprint density at radius 2 is 2.17 bits per heavy atom. The zero-order valence-corrected chi connectivity index (χ0v) is 11.4. The van der Waals surface area contributed by atoms with Crippen LogP contribution in [0.4, 0.5) is 5.69 Å². The molecule has 1 heterocycles. The van der Waals surface area contributed by atoms with E-state index in [1.165, 1.54) is 4.90 Å². The minimum Gasteiger partial charge on any atom is -0.395 e. The number of aliphatic hydroxyl groups is 1. The number of nitrogen functional groups attached to an aromatic ring is 1. The second-order valence-electron chi connectivity index (χ2n) is 5.05. The lowest BCUT2D eigenvalue weighted by Crippen LogP contribution is -2.47. The van der Waals surface area contributed by atoms with Crippen LogP contribution in [0.5, 0.6) is 0 Å². The summed E-state index contributed by atoms with van der Waals surface area (Å²) in [7, 11) is 1.63. The van der Waals surface area contributed by atoms with Gasteiger partial charge in [-0.25, -0.2) is 0 Å². The van der Waals surface area contributed by atoms with Gasteiger partial charge in [-0.15, -0.1) is 0 Å². The van der Waals surface area contributed by atoms with Crippen LogP contribution in [0.15, 0.2) is 0 Å². The average molecular weight is 254 g/mol. The third-order valence-corrected chi connectivity index (χ3v) is 3.19. The number of amides is 1. The number of aliphatic hydroxyl groups excluding tert-OH is 1. The topological polar surface area (TPSA) is 95.2 Å². The number of hydrogen-bond acceptors (Lipinski definition) is 4. The van der Waals surface area contributed by atoms with Crippen molar-refractivity contribution in [1.82, 2.24) is 15.1 Å². The fourth-order valence-corrected chi connectivity index (χ4v) is 1.53. The molecule has 0 aromatic carbocycles. The summed E-state index contributed by atoms with van der Waals surface area (Å²) in [6.45, 7) is 5.46. The van der Waals surface area contributed by atoms with Gasteiger partial charge in [-0.1, -0.05) is 13.3 Å². The number of carbonyl (C=O) groups is 1. The van der Waals surface area contributed by atoms with E-state index in [4.69, 9.17) is 5.73 Å². The highest BCUT2D eigenvalue weighted by atomic mass is 16.3. The maximum Gasteiger partial charge on any atom is 0.276 e. The summed E-state index contributed by atoms with van der Waals surface area (Å²) in [4.78, 5) is 13.7. The Morgan fingerprint density at radius 3 is 2.67 bits per heavy atom. The van der Waals surface area contributed by atoms with Crippen LogP contribution in [-0.4, -0.2) is 45.3 Å². The molecule has 6 nitrogen and oxygen atoms in total. The van der Waals surface area contributed by atoms with Gasteiger partial charge in [-0.05, 0) is 20.3 Å². The normalized spacial score (nSPS) is 11.6. The van der Waals surface area contributed by atoms with Gasteiger partial charge in [0, 0.05) is 7.05 Å². The quantitative estimate of drug-likeness (QED) is 0.724. The molecule has 18 heavy (non-hydrogen) atoms. The number of aryl methyl sites for hydroxylation is 1. The number of likely N-dealkylation sites (N-methyl/N-ethyl adjacent to an activating group) is 1. The lowest BCUT2D eigenvalue weighted by Gasteiger charge is -2.33. The molecule has 0 aliphatic heterocycles. The summed E-state index contributed by atoms with van der Waals surface area (Å²) in [5.74, 6) is -0.287. The van der Waals surface area contributed by atoms with Crippen LogP contribution in [0.25, 0.3) is 0 Å². The van der Waals surface area contributed by atoms with Crippen molar-refractivity contribution in [2.75, 3.05) is 19.4 Å². The molecular weight excluding hydrogens is 232 g/mol. The minimum atomic E-state index is -0.645. The number of aromatic nitrogens is 2. The van der Waals surface area contributed by atoms with Crippen molar-refractivity contribution in [3.05, 3.63) is 11.4 Å². The number of nitrogens with two attached hydrogens (primary N) is 1. The maximum absolute atomic E-state index is 12.2. The number of anilines is 1. The summed E-state index contributed by atoms with van der Waals surface area (Å²) in [5, 5.41) is 16.0. The number of nitrogens with one attached hydrogen (secondary N) is 1. The number of aromatic amines is 1. The van der Waals surface area contributed by atoms with Crippen LogP contribution in [-0.2, 0) is 6.42 Å². The maximum atomic E-state index is 12.2. The Bertz CT molecular complexity index is 426. The first-order chi connectivity index (χ1) is 8.35. The highest BCUT2D eigenvalue weighted by Gasteiger charge is 2.30. The van der Waals surface area contributed by atoms with Crippen LogP contribution in [0.2, 0.25) is 0 Å². The molecule has 4 N–H and O–H groups in total. The van der Waals surface area contributed by atoms with E-state index >= 15 is 0 Å². The van der Waals surface area contributed by atoms with E-state index in [2.05, 4.69) is 10.2 Å². The fourth-order valence-electron chi connectivity index (χ4n) is 1.53. The fraction of sp³-hybridized carbons (Fsp3) is 0.667. The molecule has 0 atom stereocenters. The Hall–Kier alpha value is -1.56. The SMILES string of the molecule is CCCc1[nH]nc(C(=O)N(C)C(C)(C)CO)c1N. The highest BCUT2D eigenvalue weighted by Crippen LogP contribution is 2.20. The summed E-state index contributed by atoms with van der Waals surface area (Å²) in [5.41, 5.74) is 6.68. The van der Waals surface area contributed by atoms with E-state index in [9.17, 15) is 9.90 Å². The highest BCUT2D eigenvalue weighted by molar-refractivity contribution is 5.97. The van der Waals surface area contributed by atoms with Gasteiger partial charge in [0.05, 0.1) is 23.5 Å². The van der Waals surface area contributed by atoms with Crippen LogP contribution in [0, 0.1) is 0 Å². The second-order valence-corrected chi connectivity index (χ2v) is 5.05. The molecule has 102 valence electrons. The third kappa shape index (κ3) is 2.64. The molecule has 0 aliphatic rings. The zero-order valence-electron chi connectivity index (χ0n) is 11.4. The van der Waals surface area contributed by atoms with Crippen LogP contribution < -0.4 is 5.73 Å². The minimum absolute atomic E-state index is 0.124. The van der Waals surface area contributed by atoms with Crippen molar-refractivity contribution in [2.45, 2.75) is 39.2 Å². The van der Waals surface area contributed by atoms with E-state index < -0.39 is 5.54 Å². The van der Waals surface area contributed by atoms with E-state index in [1.54, 1.807) is 20.9 Å². The first-order valence-electron chi connectivity index (χ1n) is 6.06. The van der Waals surface area contributed by atoms with E-state index in [0.717, 1.165) is 18.5 Å². The number of rotatable bonds is 5. The van der Waals surface area contributed by atoms with Gasteiger partial charge >= 0.3 is 0 Å². The first kappa shape index (κ1) is 14.5.